The summed E-state index contributed by atoms with van der Waals surface area (Å²) in [6.07, 6.45) is 0. The molecule has 0 unspecified atom stereocenters. The molecule has 1 saturated heterocycles. The molecule has 0 aromatic rings. The Morgan fingerprint density at radius 1 is 1.60 bits per heavy atom. The molecule has 0 N–H and O–H groups in total. The molecule has 1 radical (unpaired) electrons. The molecule has 0 amide bonds. The molecule has 25 valence electrons. The Morgan fingerprint density at radius 2 is 2.00 bits per heavy atom. The van der Waals surface area contributed by atoms with Gasteiger partial charge in [-0.2, -0.15) is 0 Å². The van der Waals surface area contributed by atoms with Crippen molar-refractivity contribution in [3.05, 3.63) is 4.91 Å². The summed E-state index contributed by atoms with van der Waals surface area (Å²) in [5.74, 6) is 0. The van der Waals surface area contributed by atoms with Gasteiger partial charge < -0.3 is 0 Å². The Balaban J connectivity index is 2.32. The fraction of sp³-hybridized carbons (Fsp3) is 0. The maximum Gasteiger partial charge on any atom is 1.06 e. The second-order valence-electron chi connectivity index (χ2n) is 0.531. The first-order valence-corrected chi connectivity index (χ1v) is 1.96. The predicted molar refractivity (Wildman–Crippen MR) is 11.6 cm³/mol. The molecular weight excluding hydrogens is 89.0 g/mol. The van der Waals surface area contributed by atoms with Gasteiger partial charge in [-0.25, -0.2) is 0 Å². The smallest absolute Gasteiger partial charge is 0.299 e. The Hall–Kier alpha value is -0.268. The van der Waals surface area contributed by atoms with Gasteiger partial charge in [0.1, 0.15) is 4.91 Å². The van der Waals surface area contributed by atoms with Gasteiger partial charge in [-0.05, 0) is 0 Å². The molecule has 1 aliphatic rings. The van der Waals surface area contributed by atoms with Crippen LogP contribution in [0.4, 0.5) is 0 Å². The average Bonchev–Trinajstić information content (AvgIpc) is 1.30. The van der Waals surface area contributed by atoms with E-state index in [-0.39, 0.29) is 5.09 Å². The molecule has 1 heterocycles. The van der Waals surface area contributed by atoms with Crippen LogP contribution >= 0.6 is 0 Å². The fourth-order valence-corrected chi connectivity index (χ4v) is 0.235. The van der Waals surface area contributed by atoms with E-state index in [9.17, 15) is 4.91 Å². The molecule has 1 rings (SSSR count). The summed E-state index contributed by atoms with van der Waals surface area (Å²) in [4.78, 5) is 9.39. The van der Waals surface area contributed by atoms with Gasteiger partial charge in [0.25, 0.3) is 0 Å². The molecular formula is AlNO3+. The van der Waals surface area contributed by atoms with Crippen molar-refractivity contribution in [1.82, 2.24) is 0 Å². The molecule has 5 heavy (non-hydrogen) atoms. The minimum Gasteiger partial charge on any atom is -0.299 e. The molecule has 0 spiro atoms. The van der Waals surface area contributed by atoms with Crippen molar-refractivity contribution in [1.29, 1.82) is 0 Å². The lowest BCUT2D eigenvalue weighted by Crippen LogP contribution is -2.28. The lowest BCUT2D eigenvalue weighted by atomic mass is 13.1. The molecule has 5 heteroatoms. The SMILES string of the molecule is O=[N+]1[O][Al][O]1. The van der Waals surface area contributed by atoms with Crippen LogP contribution in [0.25, 0.3) is 0 Å². The predicted octanol–water partition coefficient (Wildman–Crippen LogP) is -0.824. The van der Waals surface area contributed by atoms with Gasteiger partial charge in [0.05, 0.1) is 0 Å². The zero-order valence-corrected chi connectivity index (χ0v) is 3.40. The molecule has 0 aliphatic carbocycles. The number of hydrogen-bond donors (Lipinski definition) is 0. The quantitative estimate of drug-likeness (QED) is 0.364. The van der Waals surface area contributed by atoms with Gasteiger partial charge in [0.15, 0.2) is 0 Å². The monoisotopic (exact) mass is 89.0 g/mol. The lowest BCUT2D eigenvalue weighted by molar-refractivity contribution is -0.983. The van der Waals surface area contributed by atoms with E-state index in [2.05, 4.69) is 7.78 Å². The first-order chi connectivity index (χ1) is 2.39. The Morgan fingerprint density at radius 3 is 2.00 bits per heavy atom. The first-order valence-electron chi connectivity index (χ1n) is 1.02. The van der Waals surface area contributed by atoms with E-state index in [1.807, 2.05) is 0 Å². The van der Waals surface area contributed by atoms with Crippen LogP contribution in [0.2, 0.25) is 0 Å². The Labute approximate surface area is 34.5 Å². The highest BCUT2D eigenvalue weighted by molar-refractivity contribution is 6.18. The standard InChI is InChI=1S/Al.NO3/c;2-1(3)4/q+2;-1. The number of nitrogens with zero attached hydrogens (tertiary/aromatic N) is 1. The van der Waals surface area contributed by atoms with E-state index in [0.717, 1.165) is 0 Å². The van der Waals surface area contributed by atoms with Crippen molar-refractivity contribution < 1.29 is 12.9 Å². The third-order valence-electron chi connectivity index (χ3n) is 0.258. The molecule has 1 aliphatic heterocycles. The maximum atomic E-state index is 9.39. The Bertz CT molecular complexity index is 53.9. The lowest BCUT2D eigenvalue weighted by Gasteiger charge is -1.92. The van der Waals surface area contributed by atoms with E-state index in [1.54, 1.807) is 0 Å². The van der Waals surface area contributed by atoms with Crippen LogP contribution in [0.3, 0.4) is 0 Å². The van der Waals surface area contributed by atoms with Crippen molar-refractivity contribution in [3.8, 4) is 0 Å². The van der Waals surface area contributed by atoms with Gasteiger partial charge in [0, 0.05) is 0 Å². The minimum atomic E-state index is -0.457. The van der Waals surface area contributed by atoms with Gasteiger partial charge in [0.2, 0.25) is 0 Å². The van der Waals surface area contributed by atoms with Crippen LogP contribution in [0.1, 0.15) is 0 Å². The highest BCUT2D eigenvalue weighted by Crippen LogP contribution is 1.86. The van der Waals surface area contributed by atoms with Crippen LogP contribution in [0.15, 0.2) is 0 Å². The summed E-state index contributed by atoms with van der Waals surface area (Å²) in [6, 6.07) is 0. The highest BCUT2D eigenvalue weighted by atomic mass is 27.2. The largest absolute Gasteiger partial charge is 1.06 e. The molecule has 0 saturated carbocycles. The van der Waals surface area contributed by atoms with Crippen LogP contribution in [0, 0.1) is 4.91 Å². The minimum absolute atomic E-state index is 0.0926. The van der Waals surface area contributed by atoms with Gasteiger partial charge in [-0.1, -0.05) is 0 Å². The third-order valence-corrected chi connectivity index (χ3v) is 0.775. The summed E-state index contributed by atoms with van der Waals surface area (Å²) in [6.45, 7) is 0. The van der Waals surface area contributed by atoms with E-state index < -0.39 is 15.9 Å². The topological polar surface area (TPSA) is 38.5 Å². The van der Waals surface area contributed by atoms with E-state index in [1.165, 1.54) is 0 Å². The summed E-state index contributed by atoms with van der Waals surface area (Å²) in [7, 11) is 0. The molecule has 4 nitrogen and oxygen atoms in total. The van der Waals surface area contributed by atoms with Gasteiger partial charge in [-0.3, -0.25) is 7.78 Å². The van der Waals surface area contributed by atoms with E-state index in [0.29, 0.717) is 0 Å². The summed E-state index contributed by atoms with van der Waals surface area (Å²) < 4.78 is 8.14. The van der Waals surface area contributed by atoms with Crippen LogP contribution in [-0.2, 0) is 7.78 Å². The second-order valence-corrected chi connectivity index (χ2v) is 1.14. The van der Waals surface area contributed by atoms with Crippen LogP contribution in [-0.4, -0.2) is 21.0 Å². The van der Waals surface area contributed by atoms with Crippen molar-refractivity contribution >= 4 is 15.9 Å². The molecule has 0 atom stereocenters. The highest BCUT2D eigenvalue weighted by Gasteiger charge is 2.37. The second kappa shape index (κ2) is 0.848. The van der Waals surface area contributed by atoms with E-state index >= 15 is 0 Å². The molecule has 0 aromatic carbocycles. The van der Waals surface area contributed by atoms with Crippen molar-refractivity contribution in [2.24, 2.45) is 0 Å². The van der Waals surface area contributed by atoms with Crippen LogP contribution < -0.4 is 0 Å². The fourth-order valence-electron chi connectivity index (χ4n) is 0.0782. The Kier molecular flexibility index (Phi) is 0.499. The van der Waals surface area contributed by atoms with Crippen molar-refractivity contribution in [3.63, 3.8) is 0 Å². The average molecular weight is 89.0 g/mol. The number of hydrogen-bond acceptors (Lipinski definition) is 3. The first kappa shape index (κ1) is 2.94. The van der Waals surface area contributed by atoms with Crippen molar-refractivity contribution in [2.75, 3.05) is 0 Å². The molecule has 0 aromatic heterocycles. The summed E-state index contributed by atoms with van der Waals surface area (Å²) in [5.41, 5.74) is 0. The maximum absolute atomic E-state index is 9.39. The zero-order valence-electron chi connectivity index (χ0n) is 2.25. The summed E-state index contributed by atoms with van der Waals surface area (Å²) >= 11 is -0.457. The molecule has 1 fully saturated rings. The molecule has 0 bridgehead atoms. The number of rotatable bonds is 0. The normalized spacial score (nSPS) is 17.2. The summed E-state index contributed by atoms with van der Waals surface area (Å²) in [5, 5.41) is 0.0926. The van der Waals surface area contributed by atoms with Crippen molar-refractivity contribution in [2.45, 2.75) is 0 Å². The third kappa shape index (κ3) is 0.341. The van der Waals surface area contributed by atoms with Gasteiger partial charge >= 0.3 is 21.0 Å². The van der Waals surface area contributed by atoms with E-state index in [4.69, 9.17) is 0 Å². The van der Waals surface area contributed by atoms with Gasteiger partial charge in [-0.15, -0.1) is 0 Å². The zero-order chi connectivity index (χ0) is 3.70. The van der Waals surface area contributed by atoms with Crippen LogP contribution in [0.5, 0.6) is 0 Å².